The summed E-state index contributed by atoms with van der Waals surface area (Å²) in [5.41, 5.74) is 1.65. The van der Waals surface area contributed by atoms with Gasteiger partial charge in [-0.1, -0.05) is 12.1 Å². The van der Waals surface area contributed by atoms with E-state index in [1.54, 1.807) is 36.4 Å². The zero-order chi connectivity index (χ0) is 17.8. The number of ketones is 1. The summed E-state index contributed by atoms with van der Waals surface area (Å²) in [6.45, 7) is 2.23. The molecule has 0 fully saturated rings. The number of fused-ring (bicyclic) bond motifs is 1. The van der Waals surface area contributed by atoms with Gasteiger partial charge >= 0.3 is 0 Å². The van der Waals surface area contributed by atoms with Crippen LogP contribution in [0.3, 0.4) is 0 Å². The Morgan fingerprint density at radius 2 is 2.16 bits per heavy atom. The lowest BCUT2D eigenvalue weighted by Gasteiger charge is -2.17. The van der Waals surface area contributed by atoms with Crippen molar-refractivity contribution < 1.29 is 24.2 Å². The lowest BCUT2D eigenvalue weighted by atomic mass is 10.1. The molecule has 0 aromatic heterocycles. The molecule has 0 saturated carbocycles. The molecule has 0 unspecified atom stereocenters. The van der Waals surface area contributed by atoms with Crippen LogP contribution in [-0.2, 0) is 4.79 Å². The number of carbonyl (C=O) groups is 2. The molecule has 0 atom stereocenters. The Balaban J connectivity index is 1.78. The fourth-order valence-corrected chi connectivity index (χ4v) is 2.41. The number of benzene rings is 2. The number of hydrogen-bond acceptors (Lipinski definition) is 5. The normalized spacial score (nSPS) is 13.1. The molecule has 0 aliphatic carbocycles. The van der Waals surface area contributed by atoms with E-state index in [1.807, 2.05) is 6.92 Å². The molecule has 25 heavy (non-hydrogen) atoms. The number of aromatic hydroxyl groups is 1. The van der Waals surface area contributed by atoms with E-state index in [4.69, 9.17) is 9.47 Å². The summed E-state index contributed by atoms with van der Waals surface area (Å²) in [7, 11) is 0. The van der Waals surface area contributed by atoms with Crippen molar-refractivity contribution in [1.29, 1.82) is 0 Å². The first-order valence-electron chi connectivity index (χ1n) is 7.81. The number of phenols is 1. The summed E-state index contributed by atoms with van der Waals surface area (Å²) in [6, 6.07) is 9.74. The molecule has 0 saturated heterocycles. The maximum absolute atomic E-state index is 12.3. The summed E-state index contributed by atoms with van der Waals surface area (Å²) in [5.74, 6) is 0.496. The average Bonchev–Trinajstić information content (AvgIpc) is 2.61. The van der Waals surface area contributed by atoms with E-state index >= 15 is 0 Å². The fourth-order valence-electron chi connectivity index (χ4n) is 2.41. The van der Waals surface area contributed by atoms with E-state index < -0.39 is 0 Å². The standard InChI is InChI=1S/C19H17NO5/c1-2-24-18-9-12(4-7-16(18)22)3-6-15(21)13-5-8-17-14(10-13)20-19(23)11-25-17/h3-10,22H,2,11H2,1H3,(H,20,23)/b6-3+. The molecule has 3 rings (SSSR count). The van der Waals surface area contributed by atoms with Gasteiger partial charge in [0.15, 0.2) is 23.9 Å². The van der Waals surface area contributed by atoms with Crippen LogP contribution in [0.25, 0.3) is 6.08 Å². The van der Waals surface area contributed by atoms with Gasteiger partial charge in [-0.05, 0) is 48.9 Å². The molecular weight excluding hydrogens is 322 g/mol. The first kappa shape index (κ1) is 16.6. The van der Waals surface area contributed by atoms with Crippen LogP contribution >= 0.6 is 0 Å². The minimum absolute atomic E-state index is 0.0246. The van der Waals surface area contributed by atoms with Gasteiger partial charge in [0.05, 0.1) is 12.3 Å². The van der Waals surface area contributed by atoms with Gasteiger partial charge in [-0.2, -0.15) is 0 Å². The highest BCUT2D eigenvalue weighted by molar-refractivity contribution is 6.08. The van der Waals surface area contributed by atoms with Gasteiger partial charge < -0.3 is 19.9 Å². The van der Waals surface area contributed by atoms with E-state index in [1.165, 1.54) is 12.1 Å². The Hall–Kier alpha value is -3.28. The van der Waals surface area contributed by atoms with Gasteiger partial charge in [-0.25, -0.2) is 0 Å². The smallest absolute Gasteiger partial charge is 0.262 e. The summed E-state index contributed by atoms with van der Waals surface area (Å²) in [5, 5.41) is 12.4. The first-order valence-corrected chi connectivity index (χ1v) is 7.81. The SMILES string of the molecule is CCOc1cc(/C=C/C(=O)c2ccc3c(c2)NC(=O)CO3)ccc1O. The van der Waals surface area contributed by atoms with Crippen molar-refractivity contribution in [2.75, 3.05) is 18.5 Å². The lowest BCUT2D eigenvalue weighted by molar-refractivity contribution is -0.118. The van der Waals surface area contributed by atoms with E-state index in [-0.39, 0.29) is 24.0 Å². The van der Waals surface area contributed by atoms with Gasteiger partial charge in [0.1, 0.15) is 5.75 Å². The number of ether oxygens (including phenoxy) is 2. The molecule has 6 nitrogen and oxygen atoms in total. The van der Waals surface area contributed by atoms with Gasteiger partial charge in [0.25, 0.3) is 5.91 Å². The Morgan fingerprint density at radius 3 is 2.96 bits per heavy atom. The lowest BCUT2D eigenvalue weighted by Crippen LogP contribution is -2.25. The quantitative estimate of drug-likeness (QED) is 0.646. The molecule has 0 spiro atoms. The molecule has 1 aliphatic heterocycles. The Kier molecular flexibility index (Phi) is 4.70. The molecule has 1 aliphatic rings. The second kappa shape index (κ2) is 7.09. The maximum atomic E-state index is 12.3. The van der Waals surface area contributed by atoms with Crippen LogP contribution in [0.15, 0.2) is 42.5 Å². The van der Waals surface area contributed by atoms with Crippen LogP contribution in [0.1, 0.15) is 22.8 Å². The minimum atomic E-state index is -0.250. The number of phenolic OH excluding ortho intramolecular Hbond substituents is 1. The van der Waals surface area contributed by atoms with E-state index in [9.17, 15) is 14.7 Å². The Bertz CT molecular complexity index is 857. The number of rotatable bonds is 5. The second-order valence-corrected chi connectivity index (χ2v) is 5.41. The third kappa shape index (κ3) is 3.80. The van der Waals surface area contributed by atoms with Crippen molar-refractivity contribution in [3.8, 4) is 17.2 Å². The molecule has 1 amide bonds. The predicted octanol–water partition coefficient (Wildman–Crippen LogP) is 3.02. The van der Waals surface area contributed by atoms with Gasteiger partial charge in [-0.15, -0.1) is 0 Å². The number of carbonyl (C=O) groups excluding carboxylic acids is 2. The van der Waals surface area contributed by atoms with Gasteiger partial charge in [0.2, 0.25) is 0 Å². The summed E-state index contributed by atoms with van der Waals surface area (Å²) in [4.78, 5) is 23.7. The van der Waals surface area contributed by atoms with E-state index in [0.717, 1.165) is 5.56 Å². The number of anilines is 1. The van der Waals surface area contributed by atoms with Crippen molar-refractivity contribution in [2.45, 2.75) is 6.92 Å². The van der Waals surface area contributed by atoms with Crippen LogP contribution in [0, 0.1) is 0 Å². The number of hydrogen-bond donors (Lipinski definition) is 2. The third-order valence-corrected chi connectivity index (χ3v) is 3.61. The number of allylic oxidation sites excluding steroid dienone is 1. The Labute approximate surface area is 144 Å². The van der Waals surface area contributed by atoms with Crippen LogP contribution in [0.5, 0.6) is 17.2 Å². The monoisotopic (exact) mass is 339 g/mol. The van der Waals surface area contributed by atoms with Crippen LogP contribution in [0.4, 0.5) is 5.69 Å². The fraction of sp³-hybridized carbons (Fsp3) is 0.158. The van der Waals surface area contributed by atoms with Crippen molar-refractivity contribution >= 4 is 23.5 Å². The molecule has 0 radical (unpaired) electrons. The maximum Gasteiger partial charge on any atom is 0.262 e. The second-order valence-electron chi connectivity index (χ2n) is 5.41. The molecule has 2 N–H and O–H groups in total. The molecule has 0 bridgehead atoms. The summed E-state index contributed by atoms with van der Waals surface area (Å²) in [6.07, 6.45) is 3.06. The van der Waals surface area contributed by atoms with E-state index in [2.05, 4.69) is 5.32 Å². The highest BCUT2D eigenvalue weighted by Gasteiger charge is 2.17. The van der Waals surface area contributed by atoms with Gasteiger partial charge in [-0.3, -0.25) is 9.59 Å². The number of amides is 1. The van der Waals surface area contributed by atoms with Crippen LogP contribution in [-0.4, -0.2) is 30.0 Å². The van der Waals surface area contributed by atoms with Crippen LogP contribution in [0.2, 0.25) is 0 Å². The topological polar surface area (TPSA) is 84.9 Å². The number of nitrogens with one attached hydrogen (secondary N) is 1. The molecule has 2 aromatic rings. The first-order chi connectivity index (χ1) is 12.1. The zero-order valence-electron chi connectivity index (χ0n) is 13.6. The highest BCUT2D eigenvalue weighted by atomic mass is 16.5. The molecular formula is C19H17NO5. The van der Waals surface area contributed by atoms with Crippen LogP contribution < -0.4 is 14.8 Å². The van der Waals surface area contributed by atoms with Crippen molar-refractivity contribution in [3.05, 3.63) is 53.6 Å². The molecule has 128 valence electrons. The van der Waals surface area contributed by atoms with Crippen molar-refractivity contribution in [2.24, 2.45) is 0 Å². The molecule has 1 heterocycles. The zero-order valence-corrected chi connectivity index (χ0v) is 13.6. The summed E-state index contributed by atoms with van der Waals surface area (Å²) < 4.78 is 10.6. The average molecular weight is 339 g/mol. The van der Waals surface area contributed by atoms with Gasteiger partial charge in [0, 0.05) is 5.56 Å². The Morgan fingerprint density at radius 1 is 1.32 bits per heavy atom. The van der Waals surface area contributed by atoms with Crippen molar-refractivity contribution in [3.63, 3.8) is 0 Å². The highest BCUT2D eigenvalue weighted by Crippen LogP contribution is 2.29. The minimum Gasteiger partial charge on any atom is -0.504 e. The molecule has 6 heteroatoms. The predicted molar refractivity (Wildman–Crippen MR) is 93.2 cm³/mol. The summed E-state index contributed by atoms with van der Waals surface area (Å²) >= 11 is 0. The van der Waals surface area contributed by atoms with E-state index in [0.29, 0.717) is 29.4 Å². The largest absolute Gasteiger partial charge is 0.504 e. The van der Waals surface area contributed by atoms with Crippen molar-refractivity contribution in [1.82, 2.24) is 0 Å². The molecule has 2 aromatic carbocycles. The third-order valence-electron chi connectivity index (χ3n) is 3.61.